The molecule has 2 heterocycles. The van der Waals surface area contributed by atoms with Gasteiger partial charge in [-0.15, -0.1) is 5.10 Å². The number of amides is 1. The molecule has 0 atom stereocenters. The lowest BCUT2D eigenvalue weighted by atomic mass is 10.0. The summed E-state index contributed by atoms with van der Waals surface area (Å²) in [5, 5.41) is 11.4. The molecule has 0 radical (unpaired) electrons. The maximum absolute atomic E-state index is 13.7. The van der Waals surface area contributed by atoms with E-state index in [0.717, 1.165) is 42.6 Å². The number of carbonyl (C=O) groups excluding carboxylic acids is 1. The minimum atomic E-state index is -0.375. The molecule has 30 heavy (non-hydrogen) atoms. The van der Waals surface area contributed by atoms with Crippen LogP contribution in [0.2, 0.25) is 0 Å². The van der Waals surface area contributed by atoms with Crippen LogP contribution in [0.25, 0.3) is 17.0 Å². The fourth-order valence-electron chi connectivity index (χ4n) is 3.87. The van der Waals surface area contributed by atoms with Gasteiger partial charge in [0.05, 0.1) is 17.8 Å². The number of anilines is 1. The van der Waals surface area contributed by atoms with E-state index < -0.39 is 0 Å². The molecular formula is C23H20FN5O. The van der Waals surface area contributed by atoms with Gasteiger partial charge in [0.15, 0.2) is 0 Å². The van der Waals surface area contributed by atoms with Crippen molar-refractivity contribution in [3.8, 4) is 11.3 Å². The highest BCUT2D eigenvalue weighted by atomic mass is 19.1. The van der Waals surface area contributed by atoms with E-state index in [2.05, 4.69) is 20.5 Å². The maximum atomic E-state index is 13.7. The molecule has 2 aromatic carbocycles. The molecule has 150 valence electrons. The van der Waals surface area contributed by atoms with Crippen LogP contribution in [-0.4, -0.2) is 25.5 Å². The number of nitrogens with one attached hydrogen (secondary N) is 1. The lowest BCUT2D eigenvalue weighted by Crippen LogP contribution is -2.15. The summed E-state index contributed by atoms with van der Waals surface area (Å²) >= 11 is 0. The Balaban J connectivity index is 1.34. The highest BCUT2D eigenvalue weighted by molar-refractivity contribution is 5.92. The van der Waals surface area contributed by atoms with Crippen molar-refractivity contribution in [2.45, 2.75) is 32.1 Å². The van der Waals surface area contributed by atoms with Crippen molar-refractivity contribution in [3.63, 3.8) is 0 Å². The number of halogens is 1. The molecule has 1 aliphatic rings. The van der Waals surface area contributed by atoms with Gasteiger partial charge in [0.25, 0.3) is 5.78 Å². The van der Waals surface area contributed by atoms with Crippen molar-refractivity contribution in [1.82, 2.24) is 19.6 Å². The van der Waals surface area contributed by atoms with Crippen LogP contribution in [0.3, 0.4) is 0 Å². The second kappa shape index (κ2) is 7.67. The molecule has 0 saturated heterocycles. The van der Waals surface area contributed by atoms with Gasteiger partial charge in [-0.1, -0.05) is 30.3 Å². The van der Waals surface area contributed by atoms with E-state index in [9.17, 15) is 9.18 Å². The highest BCUT2D eigenvalue weighted by Crippen LogP contribution is 2.24. The van der Waals surface area contributed by atoms with Crippen molar-refractivity contribution in [3.05, 3.63) is 77.5 Å². The van der Waals surface area contributed by atoms with Gasteiger partial charge in [-0.25, -0.2) is 9.37 Å². The van der Waals surface area contributed by atoms with E-state index in [1.165, 1.54) is 11.8 Å². The third-order valence-electron chi connectivity index (χ3n) is 5.42. The van der Waals surface area contributed by atoms with Gasteiger partial charge >= 0.3 is 0 Å². The Hall–Kier alpha value is -3.61. The lowest BCUT2D eigenvalue weighted by Gasteiger charge is -2.14. The molecule has 1 amide bonds. The number of fused-ring (bicyclic) bond motifs is 3. The second-order valence-electron chi connectivity index (χ2n) is 7.49. The highest BCUT2D eigenvalue weighted by Gasteiger charge is 2.17. The molecule has 1 N–H and O–H groups in total. The number of aromatic nitrogens is 4. The first-order chi connectivity index (χ1) is 14.7. The summed E-state index contributed by atoms with van der Waals surface area (Å²) in [4.78, 5) is 16.8. The van der Waals surface area contributed by atoms with Gasteiger partial charge in [0.2, 0.25) is 5.91 Å². The van der Waals surface area contributed by atoms with E-state index in [1.54, 1.807) is 18.2 Å². The van der Waals surface area contributed by atoms with Gasteiger partial charge in [-0.05, 0) is 49.4 Å². The molecule has 2 aromatic heterocycles. The third-order valence-corrected chi connectivity index (χ3v) is 5.42. The van der Waals surface area contributed by atoms with E-state index >= 15 is 0 Å². The van der Waals surface area contributed by atoms with E-state index in [4.69, 9.17) is 0 Å². The first-order valence-corrected chi connectivity index (χ1v) is 10.0. The molecule has 0 fully saturated rings. The van der Waals surface area contributed by atoms with Crippen LogP contribution in [-0.2, 0) is 24.1 Å². The Morgan fingerprint density at radius 2 is 1.83 bits per heavy atom. The third kappa shape index (κ3) is 3.54. The van der Waals surface area contributed by atoms with Gasteiger partial charge in [0, 0.05) is 23.1 Å². The molecule has 0 spiro atoms. The van der Waals surface area contributed by atoms with Gasteiger partial charge in [-0.3, -0.25) is 9.20 Å². The predicted octanol–water partition coefficient (Wildman–Crippen LogP) is 3.99. The normalized spacial score (nSPS) is 13.2. The predicted molar refractivity (Wildman–Crippen MR) is 112 cm³/mol. The molecule has 5 rings (SSSR count). The van der Waals surface area contributed by atoms with Gasteiger partial charge in [-0.2, -0.15) is 5.10 Å². The average molecular weight is 401 g/mol. The molecule has 6 nitrogen and oxygen atoms in total. The summed E-state index contributed by atoms with van der Waals surface area (Å²) in [7, 11) is 0. The fraction of sp³-hybridized carbons (Fsp3) is 0.217. The number of aryl methyl sites for hydroxylation is 2. The number of imidazole rings is 1. The number of nitrogens with zero attached hydrogens (tertiary/aromatic N) is 4. The summed E-state index contributed by atoms with van der Waals surface area (Å²) in [6.45, 7) is 0. The SMILES string of the molecule is O=C(Cc1ccccc1F)Nc1ccc(-c2cn3c4c(nnc3n2)CCCC4)cc1. The summed E-state index contributed by atoms with van der Waals surface area (Å²) < 4.78 is 15.8. The molecule has 7 heteroatoms. The number of rotatable bonds is 4. The van der Waals surface area contributed by atoms with Crippen molar-refractivity contribution in [1.29, 1.82) is 0 Å². The molecule has 0 saturated carbocycles. The van der Waals surface area contributed by atoms with Gasteiger partial charge < -0.3 is 5.32 Å². The summed E-state index contributed by atoms with van der Waals surface area (Å²) in [5.74, 6) is -0.0319. The molecule has 0 aliphatic heterocycles. The van der Waals surface area contributed by atoms with Crippen LogP contribution >= 0.6 is 0 Å². The number of carbonyl (C=O) groups is 1. The Morgan fingerprint density at radius 1 is 1.03 bits per heavy atom. The first-order valence-electron chi connectivity index (χ1n) is 10.0. The number of hydrogen-bond acceptors (Lipinski definition) is 4. The van der Waals surface area contributed by atoms with Crippen LogP contribution in [0.1, 0.15) is 29.8 Å². The van der Waals surface area contributed by atoms with Crippen LogP contribution < -0.4 is 5.32 Å². The zero-order chi connectivity index (χ0) is 20.5. The van der Waals surface area contributed by atoms with Crippen molar-refractivity contribution >= 4 is 17.4 Å². The van der Waals surface area contributed by atoms with E-state index in [0.29, 0.717) is 17.0 Å². The van der Waals surface area contributed by atoms with Crippen LogP contribution in [0.4, 0.5) is 10.1 Å². The summed E-state index contributed by atoms with van der Waals surface area (Å²) in [6.07, 6.45) is 6.25. The van der Waals surface area contributed by atoms with Crippen molar-refractivity contribution in [2.24, 2.45) is 0 Å². The maximum Gasteiger partial charge on any atom is 0.254 e. The minimum Gasteiger partial charge on any atom is -0.326 e. The molecular weight excluding hydrogens is 381 g/mol. The Labute approximate surface area is 172 Å². The van der Waals surface area contributed by atoms with E-state index in [-0.39, 0.29) is 18.1 Å². The molecule has 1 aliphatic carbocycles. The van der Waals surface area contributed by atoms with Crippen LogP contribution in [0, 0.1) is 5.82 Å². The minimum absolute atomic E-state index is 0.00929. The lowest BCUT2D eigenvalue weighted by molar-refractivity contribution is -0.115. The number of hydrogen-bond donors (Lipinski definition) is 1. The Bertz CT molecular complexity index is 1230. The van der Waals surface area contributed by atoms with Crippen molar-refractivity contribution in [2.75, 3.05) is 5.32 Å². The monoisotopic (exact) mass is 401 g/mol. The molecule has 0 unspecified atom stereocenters. The largest absolute Gasteiger partial charge is 0.326 e. The standard InChI is InChI=1S/C23H20FN5O/c24-18-6-2-1-5-16(18)13-22(30)25-17-11-9-15(10-12-17)20-14-29-21-8-4-3-7-19(21)27-28-23(29)26-20/h1-2,5-6,9-12,14H,3-4,7-8,13H2,(H,25,30). The average Bonchev–Trinajstić information content (AvgIpc) is 3.21. The smallest absolute Gasteiger partial charge is 0.254 e. The topological polar surface area (TPSA) is 72.2 Å². The zero-order valence-electron chi connectivity index (χ0n) is 16.3. The van der Waals surface area contributed by atoms with Gasteiger partial charge in [0.1, 0.15) is 5.82 Å². The summed E-state index contributed by atoms with van der Waals surface area (Å²) in [5.41, 5.74) is 5.03. The first kappa shape index (κ1) is 18.4. The zero-order valence-corrected chi connectivity index (χ0v) is 16.3. The van der Waals surface area contributed by atoms with E-state index in [1.807, 2.05) is 34.9 Å². The Morgan fingerprint density at radius 3 is 2.67 bits per heavy atom. The quantitative estimate of drug-likeness (QED) is 0.561. The summed E-state index contributed by atoms with van der Waals surface area (Å²) in [6, 6.07) is 13.7. The van der Waals surface area contributed by atoms with Crippen LogP contribution in [0.5, 0.6) is 0 Å². The molecule has 0 bridgehead atoms. The van der Waals surface area contributed by atoms with Crippen LogP contribution in [0.15, 0.2) is 54.7 Å². The second-order valence-corrected chi connectivity index (χ2v) is 7.49. The fourth-order valence-corrected chi connectivity index (χ4v) is 3.87. The molecule has 4 aromatic rings. The Kier molecular flexibility index (Phi) is 4.71. The van der Waals surface area contributed by atoms with Crippen molar-refractivity contribution < 1.29 is 9.18 Å². The number of benzene rings is 2.